The molecule has 2 heterocycles. The number of hydrogen-bond acceptors (Lipinski definition) is 3. The van der Waals surface area contributed by atoms with E-state index in [-0.39, 0.29) is 29.3 Å². The summed E-state index contributed by atoms with van der Waals surface area (Å²) in [5.74, 6) is -0.840. The number of carbonyl (C=O) groups is 1. The number of rotatable bonds is 3. The molecule has 2 aromatic carbocycles. The number of phenols is 1. The van der Waals surface area contributed by atoms with Crippen LogP contribution in [0.25, 0.3) is 16.6 Å². The van der Waals surface area contributed by atoms with Gasteiger partial charge in [-0.25, -0.2) is 4.39 Å². The number of aliphatic carboxylic acids is 1. The van der Waals surface area contributed by atoms with E-state index in [9.17, 15) is 19.4 Å². The standard InChI is InChI=1S/C25H26FNO4/c1-14-9-16(7-8-17(14)26)27-18-5-4-6-19(28)21(18)22-23(27)24(2,3)13-31-25(22)11-15(12-25)10-20(29)30/h4-9,15,28H,10-13H2,1-3H3,(H,29,30)/t15-,25-. The van der Waals surface area contributed by atoms with Gasteiger partial charge in [0.2, 0.25) is 0 Å². The molecule has 0 unspecified atom stereocenters. The van der Waals surface area contributed by atoms with Crippen molar-refractivity contribution < 1.29 is 24.1 Å². The molecular weight excluding hydrogens is 397 g/mol. The third kappa shape index (κ3) is 2.88. The van der Waals surface area contributed by atoms with Crippen LogP contribution in [0.4, 0.5) is 4.39 Å². The molecule has 3 aromatic rings. The fraction of sp³-hybridized carbons (Fsp3) is 0.400. The second kappa shape index (κ2) is 6.57. The lowest BCUT2D eigenvalue weighted by Gasteiger charge is -2.53. The topological polar surface area (TPSA) is 71.7 Å². The smallest absolute Gasteiger partial charge is 0.303 e. The number of fused-ring (bicyclic) bond motifs is 4. The molecule has 31 heavy (non-hydrogen) atoms. The van der Waals surface area contributed by atoms with Gasteiger partial charge in [0.25, 0.3) is 0 Å². The number of benzene rings is 2. The van der Waals surface area contributed by atoms with Crippen molar-refractivity contribution in [3.63, 3.8) is 0 Å². The Morgan fingerprint density at radius 1 is 1.26 bits per heavy atom. The number of carboxylic acids is 1. The van der Waals surface area contributed by atoms with Crippen LogP contribution in [0.1, 0.15) is 49.9 Å². The fourth-order valence-corrected chi connectivity index (χ4v) is 5.49. The lowest BCUT2D eigenvalue weighted by atomic mass is 9.62. The Hall–Kier alpha value is -2.86. The first kappa shape index (κ1) is 20.1. The molecule has 5 rings (SSSR count). The summed E-state index contributed by atoms with van der Waals surface area (Å²) < 4.78 is 22.6. The van der Waals surface area contributed by atoms with E-state index in [2.05, 4.69) is 18.4 Å². The highest BCUT2D eigenvalue weighted by Crippen LogP contribution is 2.59. The number of halogens is 1. The Labute approximate surface area is 180 Å². The molecule has 1 saturated carbocycles. The monoisotopic (exact) mass is 423 g/mol. The second-order valence-corrected chi connectivity index (χ2v) is 9.70. The lowest BCUT2D eigenvalue weighted by Crippen LogP contribution is -2.51. The molecule has 0 radical (unpaired) electrons. The van der Waals surface area contributed by atoms with Crippen molar-refractivity contribution in [1.29, 1.82) is 0 Å². The minimum atomic E-state index is -0.803. The van der Waals surface area contributed by atoms with E-state index in [0.29, 0.717) is 25.0 Å². The highest BCUT2D eigenvalue weighted by Gasteiger charge is 2.55. The molecule has 0 amide bonds. The van der Waals surface area contributed by atoms with Gasteiger partial charge in [0.15, 0.2) is 0 Å². The largest absolute Gasteiger partial charge is 0.507 e. The molecule has 1 fully saturated rings. The fourth-order valence-electron chi connectivity index (χ4n) is 5.49. The molecule has 2 N–H and O–H groups in total. The van der Waals surface area contributed by atoms with Crippen molar-refractivity contribution in [3.8, 4) is 11.4 Å². The number of hydrogen-bond donors (Lipinski definition) is 2. The van der Waals surface area contributed by atoms with Crippen LogP contribution in [0, 0.1) is 18.7 Å². The minimum Gasteiger partial charge on any atom is -0.507 e. The van der Waals surface area contributed by atoms with Crippen LogP contribution in [0.15, 0.2) is 36.4 Å². The van der Waals surface area contributed by atoms with Crippen LogP contribution in [0.5, 0.6) is 5.75 Å². The van der Waals surface area contributed by atoms with Crippen molar-refractivity contribution >= 4 is 16.9 Å². The molecule has 1 aliphatic heterocycles. The van der Waals surface area contributed by atoms with Crippen molar-refractivity contribution in [1.82, 2.24) is 4.57 Å². The average molecular weight is 423 g/mol. The summed E-state index contributed by atoms with van der Waals surface area (Å²) in [4.78, 5) is 11.2. The Balaban J connectivity index is 1.80. The molecule has 0 atom stereocenters. The molecule has 2 aliphatic rings. The predicted molar refractivity (Wildman–Crippen MR) is 115 cm³/mol. The second-order valence-electron chi connectivity index (χ2n) is 9.70. The van der Waals surface area contributed by atoms with Crippen molar-refractivity contribution in [3.05, 3.63) is 59.0 Å². The Bertz CT molecular complexity index is 1220. The first-order valence-corrected chi connectivity index (χ1v) is 10.6. The first-order chi connectivity index (χ1) is 14.6. The van der Waals surface area contributed by atoms with Gasteiger partial charge in [-0.1, -0.05) is 19.9 Å². The van der Waals surface area contributed by atoms with Crippen molar-refractivity contribution in [2.24, 2.45) is 5.92 Å². The number of nitrogens with zero attached hydrogens (tertiary/aromatic N) is 1. The molecule has 0 bridgehead atoms. The zero-order chi connectivity index (χ0) is 22.1. The van der Waals surface area contributed by atoms with E-state index in [1.807, 2.05) is 18.2 Å². The van der Waals surface area contributed by atoms with Crippen LogP contribution in [0.2, 0.25) is 0 Å². The first-order valence-electron chi connectivity index (χ1n) is 10.6. The molecule has 6 heteroatoms. The van der Waals surface area contributed by atoms with E-state index in [0.717, 1.165) is 27.8 Å². The normalized spacial score (nSPS) is 24.2. The third-order valence-corrected chi connectivity index (χ3v) is 6.88. The van der Waals surface area contributed by atoms with Crippen molar-refractivity contribution in [2.45, 2.75) is 51.0 Å². The van der Waals surface area contributed by atoms with Gasteiger partial charge in [0.05, 0.1) is 17.7 Å². The van der Waals surface area contributed by atoms with Crippen LogP contribution < -0.4 is 0 Å². The number of aryl methyl sites for hydroxylation is 1. The molecule has 1 aliphatic carbocycles. The molecule has 162 valence electrons. The van der Waals surface area contributed by atoms with Crippen LogP contribution >= 0.6 is 0 Å². The van der Waals surface area contributed by atoms with Gasteiger partial charge in [0, 0.05) is 34.2 Å². The van der Waals surface area contributed by atoms with Gasteiger partial charge < -0.3 is 19.5 Å². The van der Waals surface area contributed by atoms with Crippen LogP contribution in [-0.4, -0.2) is 27.4 Å². The molecule has 0 saturated heterocycles. The van der Waals surface area contributed by atoms with Gasteiger partial charge in [-0.2, -0.15) is 0 Å². The number of phenolic OH excluding ortho intramolecular Hbond substituents is 1. The molecular formula is C25H26FNO4. The Morgan fingerprint density at radius 3 is 2.68 bits per heavy atom. The number of aromatic hydroxyl groups is 1. The zero-order valence-electron chi connectivity index (χ0n) is 17.9. The van der Waals surface area contributed by atoms with Crippen molar-refractivity contribution in [2.75, 3.05) is 6.61 Å². The lowest BCUT2D eigenvalue weighted by molar-refractivity contribution is -0.167. The summed E-state index contributed by atoms with van der Waals surface area (Å²) in [6, 6.07) is 10.5. The van der Waals surface area contributed by atoms with E-state index in [1.54, 1.807) is 19.1 Å². The van der Waals surface area contributed by atoms with Gasteiger partial charge in [-0.3, -0.25) is 4.79 Å². The quantitative estimate of drug-likeness (QED) is 0.610. The highest BCUT2D eigenvalue weighted by atomic mass is 19.1. The van der Waals surface area contributed by atoms with E-state index in [4.69, 9.17) is 4.74 Å². The van der Waals surface area contributed by atoms with E-state index >= 15 is 0 Å². The van der Waals surface area contributed by atoms with Gasteiger partial charge >= 0.3 is 5.97 Å². The highest BCUT2D eigenvalue weighted by molar-refractivity contribution is 5.94. The SMILES string of the molecule is Cc1cc(-n2c3c(c4c(O)cccc42)[C@]2(C[C@@H](CC(=O)O)C2)OCC3(C)C)ccc1F. The zero-order valence-corrected chi connectivity index (χ0v) is 17.9. The van der Waals surface area contributed by atoms with E-state index in [1.165, 1.54) is 6.07 Å². The van der Waals surface area contributed by atoms with E-state index < -0.39 is 11.6 Å². The Kier molecular flexibility index (Phi) is 4.25. The number of aromatic nitrogens is 1. The van der Waals surface area contributed by atoms with Crippen LogP contribution in [0.3, 0.4) is 0 Å². The van der Waals surface area contributed by atoms with Crippen LogP contribution in [-0.2, 0) is 20.5 Å². The summed E-state index contributed by atoms with van der Waals surface area (Å²) >= 11 is 0. The van der Waals surface area contributed by atoms with Gasteiger partial charge in [-0.05, 0) is 61.6 Å². The molecule has 5 nitrogen and oxygen atoms in total. The van der Waals surface area contributed by atoms with Gasteiger partial charge in [-0.15, -0.1) is 0 Å². The van der Waals surface area contributed by atoms with Gasteiger partial charge in [0.1, 0.15) is 11.6 Å². The summed E-state index contributed by atoms with van der Waals surface area (Å²) in [5, 5.41) is 20.8. The number of ether oxygens (including phenoxy) is 1. The molecule has 1 aromatic heterocycles. The minimum absolute atomic E-state index is 0.0453. The molecule has 1 spiro atoms. The maximum atomic E-state index is 14.0. The number of carboxylic acid groups (broad SMARTS) is 1. The maximum absolute atomic E-state index is 14.0. The maximum Gasteiger partial charge on any atom is 0.303 e. The third-order valence-electron chi connectivity index (χ3n) is 6.88. The predicted octanol–water partition coefficient (Wildman–Crippen LogP) is 5.17. The summed E-state index contributed by atoms with van der Waals surface area (Å²) in [7, 11) is 0. The average Bonchev–Trinajstić information content (AvgIpc) is 3.03. The summed E-state index contributed by atoms with van der Waals surface area (Å²) in [6.45, 7) is 6.44. The summed E-state index contributed by atoms with van der Waals surface area (Å²) in [5.41, 5.74) is 3.25. The summed E-state index contributed by atoms with van der Waals surface area (Å²) in [6.07, 6.45) is 1.34. The Morgan fingerprint density at radius 2 is 2.00 bits per heavy atom.